The molecule has 0 fully saturated rings. The van der Waals surface area contributed by atoms with Crippen LogP contribution >= 0.6 is 11.6 Å². The summed E-state index contributed by atoms with van der Waals surface area (Å²) in [6.45, 7) is 0. The van der Waals surface area contributed by atoms with E-state index in [1.54, 1.807) is 18.5 Å². The van der Waals surface area contributed by atoms with Crippen LogP contribution in [-0.4, -0.2) is 26.0 Å². The molecule has 31 heavy (non-hydrogen) atoms. The maximum atomic E-state index is 14.3. The minimum atomic E-state index is -0.533. The maximum Gasteiger partial charge on any atom is 0.316 e. The van der Waals surface area contributed by atoms with Crippen molar-refractivity contribution < 1.29 is 9.13 Å². The lowest BCUT2D eigenvalue weighted by Crippen LogP contribution is -2.17. The lowest BCUT2D eigenvalue weighted by molar-refractivity contribution is 0.196. The van der Waals surface area contributed by atoms with Gasteiger partial charge in [0, 0.05) is 30.8 Å². The number of H-pyrrole nitrogens is 1. The second-order valence-corrected chi connectivity index (χ2v) is 7.60. The molecule has 0 saturated carbocycles. The zero-order valence-corrected chi connectivity index (χ0v) is 16.9. The van der Waals surface area contributed by atoms with Gasteiger partial charge >= 0.3 is 6.01 Å². The SMILES string of the molecule is N#Cc1nc(-c2c(F)cccc2Cl)[nH]c1-c1cnc(OC2Cc3ccccc3C2)nc1. The number of hydrogen-bond acceptors (Lipinski definition) is 5. The van der Waals surface area contributed by atoms with E-state index in [2.05, 4.69) is 32.1 Å². The molecule has 4 aromatic rings. The average molecular weight is 432 g/mol. The predicted octanol–water partition coefficient (Wildman–Crippen LogP) is 4.74. The first-order valence-electron chi connectivity index (χ1n) is 9.62. The van der Waals surface area contributed by atoms with Crippen LogP contribution in [0.4, 0.5) is 4.39 Å². The summed E-state index contributed by atoms with van der Waals surface area (Å²) in [5, 5.41) is 9.68. The van der Waals surface area contributed by atoms with Gasteiger partial charge in [0.25, 0.3) is 0 Å². The Balaban J connectivity index is 1.39. The molecule has 152 valence electrons. The second-order valence-electron chi connectivity index (χ2n) is 7.19. The Morgan fingerprint density at radius 3 is 2.42 bits per heavy atom. The largest absolute Gasteiger partial charge is 0.459 e. The van der Waals surface area contributed by atoms with Crippen molar-refractivity contribution in [2.45, 2.75) is 18.9 Å². The van der Waals surface area contributed by atoms with Crippen LogP contribution in [0.1, 0.15) is 16.8 Å². The van der Waals surface area contributed by atoms with Gasteiger partial charge in [-0.05, 0) is 23.3 Å². The van der Waals surface area contributed by atoms with Crippen molar-refractivity contribution in [1.82, 2.24) is 19.9 Å². The number of halogens is 2. The van der Waals surface area contributed by atoms with Crippen LogP contribution in [0.2, 0.25) is 5.02 Å². The molecule has 5 rings (SSSR count). The summed E-state index contributed by atoms with van der Waals surface area (Å²) >= 11 is 6.13. The number of nitriles is 1. The van der Waals surface area contributed by atoms with E-state index in [-0.39, 0.29) is 34.2 Å². The van der Waals surface area contributed by atoms with Crippen LogP contribution in [0.15, 0.2) is 54.9 Å². The molecule has 0 spiro atoms. The molecule has 0 saturated heterocycles. The molecule has 2 aromatic carbocycles. The summed E-state index contributed by atoms with van der Waals surface area (Å²) in [6, 6.07) is 14.9. The summed E-state index contributed by atoms with van der Waals surface area (Å²) < 4.78 is 20.2. The summed E-state index contributed by atoms with van der Waals surface area (Å²) in [4.78, 5) is 15.7. The molecule has 1 aliphatic rings. The highest BCUT2D eigenvalue weighted by atomic mass is 35.5. The normalized spacial score (nSPS) is 13.1. The molecule has 2 heterocycles. The Morgan fingerprint density at radius 2 is 1.77 bits per heavy atom. The molecule has 0 bridgehead atoms. The summed E-state index contributed by atoms with van der Waals surface area (Å²) in [5.41, 5.74) is 3.67. The Kier molecular flexibility index (Phi) is 4.85. The van der Waals surface area contributed by atoms with Crippen LogP contribution in [0, 0.1) is 17.1 Å². The smallest absolute Gasteiger partial charge is 0.316 e. The van der Waals surface area contributed by atoms with Gasteiger partial charge in [0.15, 0.2) is 5.69 Å². The Bertz CT molecular complexity index is 1270. The van der Waals surface area contributed by atoms with Crippen molar-refractivity contribution in [3.8, 4) is 34.7 Å². The average Bonchev–Trinajstić information content (AvgIpc) is 3.38. The zero-order valence-electron chi connectivity index (χ0n) is 16.1. The Hall–Kier alpha value is -3.76. The number of nitrogens with zero attached hydrogens (tertiary/aromatic N) is 4. The van der Waals surface area contributed by atoms with Crippen molar-refractivity contribution in [1.29, 1.82) is 5.26 Å². The predicted molar refractivity (Wildman–Crippen MR) is 113 cm³/mol. The molecule has 0 unspecified atom stereocenters. The number of rotatable bonds is 4. The third kappa shape index (κ3) is 3.62. The quantitative estimate of drug-likeness (QED) is 0.504. The number of aromatic amines is 1. The number of aromatic nitrogens is 4. The molecule has 0 atom stereocenters. The first kappa shape index (κ1) is 19.2. The molecule has 1 aliphatic carbocycles. The first-order chi connectivity index (χ1) is 15.1. The third-order valence-electron chi connectivity index (χ3n) is 5.21. The van der Waals surface area contributed by atoms with Gasteiger partial charge < -0.3 is 9.72 Å². The summed E-state index contributed by atoms with van der Waals surface area (Å²) in [6.07, 6.45) is 4.71. The number of benzene rings is 2. The van der Waals surface area contributed by atoms with E-state index in [1.165, 1.54) is 23.3 Å². The van der Waals surface area contributed by atoms with Crippen molar-refractivity contribution >= 4 is 11.6 Å². The number of nitrogens with one attached hydrogen (secondary N) is 1. The fourth-order valence-corrected chi connectivity index (χ4v) is 4.02. The van der Waals surface area contributed by atoms with Crippen molar-refractivity contribution in [2.24, 2.45) is 0 Å². The standard InChI is InChI=1S/C23H15ClFN5O/c24-17-6-3-7-18(25)20(17)22-29-19(10-26)21(30-22)15-11-27-23(28-12-15)31-16-8-13-4-1-2-5-14(13)9-16/h1-7,11-12,16H,8-9H2,(H,29,30). The molecule has 0 aliphatic heterocycles. The maximum absolute atomic E-state index is 14.3. The van der Waals surface area contributed by atoms with E-state index in [0.717, 1.165) is 12.8 Å². The van der Waals surface area contributed by atoms with Gasteiger partial charge in [-0.25, -0.2) is 19.3 Å². The van der Waals surface area contributed by atoms with Gasteiger partial charge in [0.1, 0.15) is 23.8 Å². The van der Waals surface area contributed by atoms with Gasteiger partial charge in [0.2, 0.25) is 0 Å². The molecular weight excluding hydrogens is 417 g/mol. The van der Waals surface area contributed by atoms with Crippen LogP contribution in [0.25, 0.3) is 22.6 Å². The van der Waals surface area contributed by atoms with E-state index >= 15 is 0 Å². The van der Waals surface area contributed by atoms with Gasteiger partial charge in [0.05, 0.1) is 16.3 Å². The molecule has 8 heteroatoms. The highest BCUT2D eigenvalue weighted by molar-refractivity contribution is 6.33. The fourth-order valence-electron chi connectivity index (χ4n) is 3.76. The van der Waals surface area contributed by atoms with E-state index in [0.29, 0.717) is 11.3 Å². The summed E-state index contributed by atoms with van der Waals surface area (Å²) in [5.74, 6) is -0.367. The van der Waals surface area contributed by atoms with Crippen molar-refractivity contribution in [2.75, 3.05) is 0 Å². The fraction of sp³-hybridized carbons (Fsp3) is 0.130. The lowest BCUT2D eigenvalue weighted by atomic mass is 10.1. The Morgan fingerprint density at radius 1 is 1.06 bits per heavy atom. The summed E-state index contributed by atoms with van der Waals surface area (Å²) in [7, 11) is 0. The van der Waals surface area contributed by atoms with Crippen LogP contribution in [0.3, 0.4) is 0 Å². The Labute approximate surface area is 182 Å². The number of fused-ring (bicyclic) bond motifs is 1. The lowest BCUT2D eigenvalue weighted by Gasteiger charge is -2.11. The van der Waals surface area contributed by atoms with Crippen molar-refractivity contribution in [3.63, 3.8) is 0 Å². The number of imidazole rings is 1. The first-order valence-corrected chi connectivity index (χ1v) is 10.0. The number of hydrogen-bond donors (Lipinski definition) is 1. The van der Waals surface area contributed by atoms with E-state index in [1.807, 2.05) is 18.2 Å². The zero-order chi connectivity index (χ0) is 21.4. The molecular formula is C23H15ClFN5O. The van der Waals surface area contributed by atoms with E-state index < -0.39 is 5.82 Å². The van der Waals surface area contributed by atoms with Gasteiger partial charge in [-0.15, -0.1) is 0 Å². The second kappa shape index (κ2) is 7.82. The highest BCUT2D eigenvalue weighted by Crippen LogP contribution is 2.32. The monoisotopic (exact) mass is 431 g/mol. The van der Waals surface area contributed by atoms with Crippen LogP contribution in [-0.2, 0) is 12.8 Å². The van der Waals surface area contributed by atoms with Gasteiger partial charge in [-0.3, -0.25) is 0 Å². The van der Waals surface area contributed by atoms with Gasteiger partial charge in [-0.2, -0.15) is 5.26 Å². The third-order valence-corrected chi connectivity index (χ3v) is 5.53. The van der Waals surface area contributed by atoms with E-state index in [9.17, 15) is 9.65 Å². The van der Waals surface area contributed by atoms with E-state index in [4.69, 9.17) is 16.3 Å². The molecule has 6 nitrogen and oxygen atoms in total. The van der Waals surface area contributed by atoms with Crippen LogP contribution in [0.5, 0.6) is 6.01 Å². The topological polar surface area (TPSA) is 87.5 Å². The minimum Gasteiger partial charge on any atom is -0.459 e. The van der Waals surface area contributed by atoms with Crippen molar-refractivity contribution in [3.05, 3.63) is 82.5 Å². The molecule has 1 N–H and O–H groups in total. The highest BCUT2D eigenvalue weighted by Gasteiger charge is 2.23. The van der Waals surface area contributed by atoms with Gasteiger partial charge in [-0.1, -0.05) is 41.9 Å². The molecule has 2 aromatic heterocycles. The van der Waals surface area contributed by atoms with Crippen LogP contribution < -0.4 is 4.74 Å². The minimum absolute atomic E-state index is 0.0140. The number of ether oxygens (including phenoxy) is 1. The molecule has 0 radical (unpaired) electrons. The molecule has 0 amide bonds.